The zero-order valence-electron chi connectivity index (χ0n) is 6.92. The number of carbonyl (C=O) groups excluding carboxylic acids is 1. The summed E-state index contributed by atoms with van der Waals surface area (Å²) in [6, 6.07) is 0. The van der Waals surface area contributed by atoms with Crippen molar-refractivity contribution < 1.29 is 4.79 Å². The smallest absolute Gasteiger partial charge is 0.188 e. The maximum absolute atomic E-state index is 10.8. The lowest BCUT2D eigenvalue weighted by Crippen LogP contribution is -2.10. The van der Waals surface area contributed by atoms with Crippen molar-refractivity contribution in [3.05, 3.63) is 0 Å². The monoisotopic (exact) mass is 160 g/mol. The Morgan fingerprint density at radius 2 is 2.00 bits per heavy atom. The third-order valence-corrected chi connectivity index (χ3v) is 1.96. The lowest BCUT2D eigenvalue weighted by Gasteiger charge is -2.11. The average molecular weight is 160 g/mol. The summed E-state index contributed by atoms with van der Waals surface area (Å²) >= 11 is 3.81. The van der Waals surface area contributed by atoms with Crippen molar-refractivity contribution in [2.24, 2.45) is 11.8 Å². The van der Waals surface area contributed by atoms with Gasteiger partial charge in [0.15, 0.2) is 5.12 Å². The second-order valence-electron chi connectivity index (χ2n) is 3.07. The fraction of sp³-hybridized carbons (Fsp3) is 0.875. The van der Waals surface area contributed by atoms with E-state index in [9.17, 15) is 4.79 Å². The summed E-state index contributed by atoms with van der Waals surface area (Å²) in [5.41, 5.74) is 0. The molecule has 0 aromatic heterocycles. The van der Waals surface area contributed by atoms with Crippen LogP contribution in [0.5, 0.6) is 0 Å². The van der Waals surface area contributed by atoms with E-state index in [1.807, 2.05) is 6.92 Å². The summed E-state index contributed by atoms with van der Waals surface area (Å²) < 4.78 is 0. The van der Waals surface area contributed by atoms with Gasteiger partial charge in [0.05, 0.1) is 0 Å². The van der Waals surface area contributed by atoms with Crippen LogP contribution in [0.2, 0.25) is 0 Å². The molecule has 1 nitrogen and oxygen atoms in total. The van der Waals surface area contributed by atoms with Crippen LogP contribution in [0.15, 0.2) is 0 Å². The Morgan fingerprint density at radius 3 is 2.10 bits per heavy atom. The molecule has 0 bridgehead atoms. The molecule has 0 N–H and O–H groups in total. The molecule has 0 aliphatic rings. The zero-order valence-corrected chi connectivity index (χ0v) is 7.82. The molecule has 0 heterocycles. The highest BCUT2D eigenvalue weighted by Gasteiger charge is 2.13. The Morgan fingerprint density at radius 1 is 1.50 bits per heavy atom. The highest BCUT2D eigenvalue weighted by Crippen LogP contribution is 2.17. The molecule has 0 radical (unpaired) electrons. The first-order chi connectivity index (χ1) is 4.57. The third kappa shape index (κ3) is 3.94. The van der Waals surface area contributed by atoms with Crippen molar-refractivity contribution >= 4 is 17.7 Å². The van der Waals surface area contributed by atoms with Crippen LogP contribution in [0, 0.1) is 11.8 Å². The standard InChI is InChI=1S/C8H16OS/c1-4-7(8(9)10)5-6(2)3/h6-7H,4-5H2,1-3H3,(H,9,10)/t7-/m0/s1. The Labute approximate surface area is 68.6 Å². The largest absolute Gasteiger partial charge is 0.287 e. The van der Waals surface area contributed by atoms with Gasteiger partial charge < -0.3 is 0 Å². The van der Waals surface area contributed by atoms with E-state index >= 15 is 0 Å². The molecule has 0 aromatic carbocycles. The first-order valence-corrected chi connectivity index (χ1v) is 4.25. The van der Waals surface area contributed by atoms with Crippen LogP contribution in [0.4, 0.5) is 0 Å². The predicted octanol–water partition coefficient (Wildman–Crippen LogP) is 2.52. The second kappa shape index (κ2) is 4.78. The van der Waals surface area contributed by atoms with Gasteiger partial charge in [0.2, 0.25) is 0 Å². The number of rotatable bonds is 4. The predicted molar refractivity (Wildman–Crippen MR) is 47.2 cm³/mol. The molecular weight excluding hydrogens is 144 g/mol. The van der Waals surface area contributed by atoms with Crippen LogP contribution >= 0.6 is 12.6 Å². The zero-order chi connectivity index (χ0) is 8.15. The summed E-state index contributed by atoms with van der Waals surface area (Å²) in [5, 5.41) is 0.0381. The van der Waals surface area contributed by atoms with Crippen LogP contribution < -0.4 is 0 Å². The topological polar surface area (TPSA) is 17.1 Å². The molecule has 0 aromatic rings. The maximum atomic E-state index is 10.8. The van der Waals surface area contributed by atoms with Gasteiger partial charge in [-0.2, -0.15) is 0 Å². The molecule has 2 heteroatoms. The van der Waals surface area contributed by atoms with Gasteiger partial charge >= 0.3 is 0 Å². The fourth-order valence-electron chi connectivity index (χ4n) is 1.01. The minimum absolute atomic E-state index is 0.0381. The summed E-state index contributed by atoms with van der Waals surface area (Å²) in [5.74, 6) is 0.768. The van der Waals surface area contributed by atoms with E-state index in [1.54, 1.807) is 0 Å². The van der Waals surface area contributed by atoms with Gasteiger partial charge in [-0.3, -0.25) is 4.79 Å². The molecule has 0 fully saturated rings. The van der Waals surface area contributed by atoms with Gasteiger partial charge in [-0.25, -0.2) is 0 Å². The molecule has 60 valence electrons. The van der Waals surface area contributed by atoms with E-state index in [0.29, 0.717) is 5.92 Å². The highest BCUT2D eigenvalue weighted by atomic mass is 32.1. The van der Waals surface area contributed by atoms with Crippen LogP contribution in [0.1, 0.15) is 33.6 Å². The maximum Gasteiger partial charge on any atom is 0.188 e. The van der Waals surface area contributed by atoms with Gasteiger partial charge in [-0.1, -0.05) is 20.8 Å². The lowest BCUT2D eigenvalue weighted by atomic mass is 9.96. The van der Waals surface area contributed by atoms with Crippen molar-refractivity contribution in [1.82, 2.24) is 0 Å². The van der Waals surface area contributed by atoms with Crippen molar-refractivity contribution in [3.8, 4) is 0 Å². The van der Waals surface area contributed by atoms with Gasteiger partial charge in [-0.15, -0.1) is 12.6 Å². The van der Waals surface area contributed by atoms with Crippen LogP contribution in [0.25, 0.3) is 0 Å². The van der Waals surface area contributed by atoms with Gasteiger partial charge in [0.25, 0.3) is 0 Å². The van der Waals surface area contributed by atoms with Crippen molar-refractivity contribution in [2.45, 2.75) is 33.6 Å². The molecule has 0 rings (SSSR count). The minimum Gasteiger partial charge on any atom is -0.287 e. The van der Waals surface area contributed by atoms with E-state index in [2.05, 4.69) is 26.5 Å². The Kier molecular flexibility index (Phi) is 4.79. The van der Waals surface area contributed by atoms with E-state index in [4.69, 9.17) is 0 Å². The van der Waals surface area contributed by atoms with E-state index in [-0.39, 0.29) is 11.0 Å². The van der Waals surface area contributed by atoms with E-state index in [0.717, 1.165) is 12.8 Å². The first kappa shape index (κ1) is 10.0. The molecule has 0 saturated heterocycles. The molecule has 0 aliphatic heterocycles. The Bertz CT molecular complexity index is 110. The van der Waals surface area contributed by atoms with Crippen molar-refractivity contribution in [1.29, 1.82) is 0 Å². The van der Waals surface area contributed by atoms with Crippen LogP contribution in [0.3, 0.4) is 0 Å². The van der Waals surface area contributed by atoms with Crippen molar-refractivity contribution in [2.75, 3.05) is 0 Å². The molecule has 1 atom stereocenters. The average Bonchev–Trinajstić information content (AvgIpc) is 1.81. The van der Waals surface area contributed by atoms with Crippen LogP contribution in [-0.2, 0) is 4.79 Å². The molecule has 0 saturated carbocycles. The number of hydrogen-bond donors (Lipinski definition) is 1. The summed E-state index contributed by atoms with van der Waals surface area (Å²) in [6.07, 6.45) is 1.89. The Hall–Kier alpha value is 0.0200. The number of carbonyl (C=O) groups is 1. The second-order valence-corrected chi connectivity index (χ2v) is 3.51. The minimum atomic E-state index is 0.0381. The molecule has 0 aliphatic carbocycles. The third-order valence-electron chi connectivity index (χ3n) is 1.60. The van der Waals surface area contributed by atoms with Crippen LogP contribution in [-0.4, -0.2) is 5.12 Å². The van der Waals surface area contributed by atoms with Crippen molar-refractivity contribution in [3.63, 3.8) is 0 Å². The summed E-state index contributed by atoms with van der Waals surface area (Å²) in [4.78, 5) is 10.8. The molecule has 0 spiro atoms. The summed E-state index contributed by atoms with van der Waals surface area (Å²) in [7, 11) is 0. The Balaban J connectivity index is 3.72. The highest BCUT2D eigenvalue weighted by molar-refractivity contribution is 7.96. The summed E-state index contributed by atoms with van der Waals surface area (Å²) in [6.45, 7) is 6.28. The SMILES string of the molecule is CC[C@@H](CC(C)C)C(=O)S. The number of hydrogen-bond acceptors (Lipinski definition) is 1. The molecule has 0 amide bonds. The van der Waals surface area contributed by atoms with Gasteiger partial charge in [0, 0.05) is 5.92 Å². The normalized spacial score (nSPS) is 13.7. The molecule has 10 heavy (non-hydrogen) atoms. The quantitative estimate of drug-likeness (QED) is 0.625. The number of thiol groups is 1. The van der Waals surface area contributed by atoms with E-state index in [1.165, 1.54) is 0 Å². The molecule has 0 unspecified atom stereocenters. The van der Waals surface area contributed by atoms with Gasteiger partial charge in [0.1, 0.15) is 0 Å². The van der Waals surface area contributed by atoms with Gasteiger partial charge in [-0.05, 0) is 18.8 Å². The fourth-order valence-corrected chi connectivity index (χ4v) is 1.30. The molecular formula is C8H16OS. The van der Waals surface area contributed by atoms with E-state index < -0.39 is 0 Å². The lowest BCUT2D eigenvalue weighted by molar-refractivity contribution is -0.114. The first-order valence-electron chi connectivity index (χ1n) is 3.80.